The van der Waals surface area contributed by atoms with E-state index in [2.05, 4.69) is 0 Å². The molecule has 2 heteroatoms. The molecule has 44 valence electrons. The number of hydrogen-bond acceptors (Lipinski definition) is 1. The highest BCUT2D eigenvalue weighted by Crippen LogP contribution is 2.03. The van der Waals surface area contributed by atoms with Gasteiger partial charge in [0.2, 0.25) is 0 Å². The predicted octanol–water partition coefficient (Wildman–Crippen LogP) is 0.489. The fourth-order valence-corrected chi connectivity index (χ4v) is 0.642. The predicted molar refractivity (Wildman–Crippen MR) is 38.4 cm³/mol. The van der Waals surface area contributed by atoms with E-state index < -0.39 is 0 Å². The van der Waals surface area contributed by atoms with Crippen molar-refractivity contribution in [1.29, 1.82) is 0 Å². The molecule has 1 aromatic rings. The summed E-state index contributed by atoms with van der Waals surface area (Å²) in [5, 5.41) is 0. The Balaban J connectivity index is 2.94. The van der Waals surface area contributed by atoms with Crippen molar-refractivity contribution < 1.29 is 4.74 Å². The molecule has 0 heterocycles. The molecule has 0 aliphatic heterocycles. The average Bonchev–Trinajstić information content (AvgIpc) is 1.88. The normalized spacial score (nSPS) is 9.00. The van der Waals surface area contributed by atoms with Crippen LogP contribution in [0, 0.1) is 0 Å². The van der Waals surface area contributed by atoms with Crippen LogP contribution in [0.15, 0.2) is 24.3 Å². The third-order valence-electron chi connectivity index (χ3n) is 1.09. The Morgan fingerprint density at radius 3 is 2.67 bits per heavy atom. The van der Waals surface area contributed by atoms with Crippen LogP contribution in [-0.4, -0.2) is 15.0 Å². The SMILES string of the molecule is [B]c1cccc(OC)c1. The second-order valence-corrected chi connectivity index (χ2v) is 1.78. The van der Waals surface area contributed by atoms with E-state index in [1.165, 1.54) is 0 Å². The third-order valence-corrected chi connectivity index (χ3v) is 1.09. The number of rotatable bonds is 1. The fourth-order valence-electron chi connectivity index (χ4n) is 0.642. The summed E-state index contributed by atoms with van der Waals surface area (Å²) < 4.78 is 4.92. The monoisotopic (exact) mass is 118 g/mol. The summed E-state index contributed by atoms with van der Waals surface area (Å²) in [5.74, 6) is 0.801. The molecule has 0 saturated carbocycles. The van der Waals surface area contributed by atoms with Crippen LogP contribution in [0.1, 0.15) is 0 Å². The van der Waals surface area contributed by atoms with Crippen molar-refractivity contribution in [2.75, 3.05) is 7.11 Å². The maximum Gasteiger partial charge on any atom is 0.118 e. The zero-order chi connectivity index (χ0) is 6.69. The maximum absolute atomic E-state index is 5.45. The zero-order valence-corrected chi connectivity index (χ0v) is 5.29. The van der Waals surface area contributed by atoms with E-state index in [1.54, 1.807) is 13.2 Å². The van der Waals surface area contributed by atoms with Gasteiger partial charge in [-0.3, -0.25) is 0 Å². The first-order valence-electron chi connectivity index (χ1n) is 2.72. The van der Waals surface area contributed by atoms with Gasteiger partial charge in [0.15, 0.2) is 0 Å². The lowest BCUT2D eigenvalue weighted by Gasteiger charge is -1.98. The van der Waals surface area contributed by atoms with Crippen LogP contribution in [0.3, 0.4) is 0 Å². The summed E-state index contributed by atoms with van der Waals surface area (Å²) in [5.41, 5.74) is 0.731. The maximum atomic E-state index is 5.45. The standard InChI is InChI=1S/C7H7BO/c1-9-7-4-2-3-6(8)5-7/h2-5H,1H3. The molecule has 0 fully saturated rings. The van der Waals surface area contributed by atoms with Crippen molar-refractivity contribution in [2.45, 2.75) is 0 Å². The highest BCUT2D eigenvalue weighted by atomic mass is 16.5. The summed E-state index contributed by atoms with van der Waals surface area (Å²) >= 11 is 0. The molecule has 0 aliphatic carbocycles. The van der Waals surface area contributed by atoms with E-state index in [9.17, 15) is 0 Å². The minimum atomic E-state index is 0.731. The minimum Gasteiger partial charge on any atom is -0.497 e. The summed E-state index contributed by atoms with van der Waals surface area (Å²) in [6, 6.07) is 7.31. The van der Waals surface area contributed by atoms with Crippen molar-refractivity contribution in [3.63, 3.8) is 0 Å². The molecule has 0 N–H and O–H groups in total. The van der Waals surface area contributed by atoms with Crippen molar-refractivity contribution >= 4 is 13.3 Å². The first-order valence-corrected chi connectivity index (χ1v) is 2.72. The first-order chi connectivity index (χ1) is 4.33. The van der Waals surface area contributed by atoms with Gasteiger partial charge in [-0.25, -0.2) is 0 Å². The fraction of sp³-hybridized carbons (Fsp3) is 0.143. The highest BCUT2D eigenvalue weighted by molar-refractivity contribution is 6.32. The van der Waals surface area contributed by atoms with Crippen LogP contribution in [0.2, 0.25) is 0 Å². The number of benzene rings is 1. The van der Waals surface area contributed by atoms with Crippen LogP contribution < -0.4 is 10.2 Å². The van der Waals surface area contributed by atoms with Gasteiger partial charge in [-0.2, -0.15) is 0 Å². The molecule has 0 bridgehead atoms. The van der Waals surface area contributed by atoms with Crippen molar-refractivity contribution in [2.24, 2.45) is 0 Å². The molecular formula is C7H7BO. The topological polar surface area (TPSA) is 9.23 Å². The molecule has 0 saturated heterocycles. The van der Waals surface area contributed by atoms with Crippen LogP contribution in [-0.2, 0) is 0 Å². The summed E-state index contributed by atoms with van der Waals surface area (Å²) in [6.07, 6.45) is 0. The smallest absolute Gasteiger partial charge is 0.118 e. The Hall–Kier alpha value is -0.915. The van der Waals surface area contributed by atoms with Crippen LogP contribution in [0.25, 0.3) is 0 Å². The van der Waals surface area contributed by atoms with Gasteiger partial charge >= 0.3 is 0 Å². The number of hydrogen-bond donors (Lipinski definition) is 0. The van der Waals surface area contributed by atoms with Gasteiger partial charge in [-0.15, -0.1) is 0 Å². The molecule has 1 aromatic carbocycles. The quantitative estimate of drug-likeness (QED) is 0.487. The molecule has 0 spiro atoms. The van der Waals surface area contributed by atoms with Crippen LogP contribution in [0.4, 0.5) is 0 Å². The van der Waals surface area contributed by atoms with Gasteiger partial charge in [0.25, 0.3) is 0 Å². The lowest BCUT2D eigenvalue weighted by Crippen LogP contribution is -2.00. The average molecular weight is 118 g/mol. The Morgan fingerprint density at radius 1 is 1.44 bits per heavy atom. The number of ether oxygens (including phenoxy) is 1. The molecular weight excluding hydrogens is 111 g/mol. The third kappa shape index (κ3) is 1.49. The molecule has 0 amide bonds. The Labute approximate surface area is 56.1 Å². The van der Waals surface area contributed by atoms with Gasteiger partial charge < -0.3 is 4.74 Å². The van der Waals surface area contributed by atoms with Crippen molar-refractivity contribution in [3.8, 4) is 5.75 Å². The van der Waals surface area contributed by atoms with E-state index >= 15 is 0 Å². The molecule has 1 rings (SSSR count). The summed E-state index contributed by atoms with van der Waals surface area (Å²) in [7, 11) is 7.07. The Bertz CT molecular complexity index is 198. The van der Waals surface area contributed by atoms with Gasteiger partial charge in [0.1, 0.15) is 13.6 Å². The van der Waals surface area contributed by atoms with Crippen LogP contribution in [0.5, 0.6) is 5.75 Å². The lowest BCUT2D eigenvalue weighted by atomic mass is 9.96. The van der Waals surface area contributed by atoms with E-state index in [-0.39, 0.29) is 0 Å². The molecule has 9 heavy (non-hydrogen) atoms. The Kier molecular flexibility index (Phi) is 1.78. The van der Waals surface area contributed by atoms with Gasteiger partial charge in [0, 0.05) is 0 Å². The molecule has 0 aliphatic rings. The van der Waals surface area contributed by atoms with Gasteiger partial charge in [-0.1, -0.05) is 17.6 Å². The first kappa shape index (κ1) is 6.21. The van der Waals surface area contributed by atoms with E-state index in [4.69, 9.17) is 12.6 Å². The summed E-state index contributed by atoms with van der Waals surface area (Å²) in [6.45, 7) is 0. The molecule has 0 atom stereocenters. The second-order valence-electron chi connectivity index (χ2n) is 1.78. The molecule has 0 unspecified atom stereocenters. The minimum absolute atomic E-state index is 0.731. The Morgan fingerprint density at radius 2 is 2.22 bits per heavy atom. The van der Waals surface area contributed by atoms with E-state index in [0.29, 0.717) is 0 Å². The lowest BCUT2D eigenvalue weighted by molar-refractivity contribution is 0.415. The zero-order valence-electron chi connectivity index (χ0n) is 5.29. The van der Waals surface area contributed by atoms with Gasteiger partial charge in [-0.05, 0) is 12.1 Å². The molecule has 0 aromatic heterocycles. The van der Waals surface area contributed by atoms with Crippen molar-refractivity contribution in [3.05, 3.63) is 24.3 Å². The van der Waals surface area contributed by atoms with E-state index in [1.807, 2.05) is 18.2 Å². The van der Waals surface area contributed by atoms with Crippen molar-refractivity contribution in [1.82, 2.24) is 0 Å². The second kappa shape index (κ2) is 2.58. The largest absolute Gasteiger partial charge is 0.497 e. The van der Waals surface area contributed by atoms with Crippen LogP contribution >= 0.6 is 0 Å². The number of methoxy groups -OCH3 is 1. The van der Waals surface area contributed by atoms with E-state index in [0.717, 1.165) is 11.2 Å². The van der Waals surface area contributed by atoms with Gasteiger partial charge in [0.05, 0.1) is 7.11 Å². The summed E-state index contributed by atoms with van der Waals surface area (Å²) in [4.78, 5) is 0. The molecule has 2 radical (unpaired) electrons. The molecule has 1 nitrogen and oxygen atoms in total. The highest BCUT2D eigenvalue weighted by Gasteiger charge is 1.86.